The topological polar surface area (TPSA) is 76.7 Å². The number of hydrogen-bond acceptors (Lipinski definition) is 3. The molecule has 108 valence electrons. The summed E-state index contributed by atoms with van der Waals surface area (Å²) in [6.07, 6.45) is 1.51. The largest absolute Gasteiger partial charge is 0.489 e. The first-order chi connectivity index (χ1) is 10.1. The molecular weight excluding hydrogens is 266 g/mol. The summed E-state index contributed by atoms with van der Waals surface area (Å²) in [7, 11) is 0. The number of nitrogens with one attached hydrogen (secondary N) is 1. The van der Waals surface area contributed by atoms with Gasteiger partial charge in [0.2, 0.25) is 0 Å². The molecule has 0 aliphatic rings. The summed E-state index contributed by atoms with van der Waals surface area (Å²) in [4.78, 5) is 10.5. The Morgan fingerprint density at radius 3 is 2.48 bits per heavy atom. The molecule has 0 atom stereocenters. The van der Waals surface area contributed by atoms with E-state index in [4.69, 9.17) is 10.5 Å². The number of primary amides is 1. The lowest BCUT2D eigenvalue weighted by Gasteiger charge is -2.06. The predicted molar refractivity (Wildman–Crippen MR) is 82.3 cm³/mol. The maximum atomic E-state index is 10.5. The monoisotopic (exact) mass is 283 g/mol. The third-order valence-corrected chi connectivity index (χ3v) is 2.79. The first-order valence-electron chi connectivity index (χ1n) is 6.50. The van der Waals surface area contributed by atoms with Crippen molar-refractivity contribution >= 4 is 12.2 Å². The van der Waals surface area contributed by atoms with Gasteiger partial charge >= 0.3 is 6.03 Å². The molecule has 0 fully saturated rings. The molecule has 2 aromatic rings. The lowest BCUT2D eigenvalue weighted by molar-refractivity contribution is 0.249. The van der Waals surface area contributed by atoms with Crippen LogP contribution in [-0.2, 0) is 6.61 Å². The second-order valence-electron chi connectivity index (χ2n) is 4.58. The van der Waals surface area contributed by atoms with Crippen LogP contribution in [0, 0.1) is 6.92 Å². The molecule has 0 radical (unpaired) electrons. The van der Waals surface area contributed by atoms with Gasteiger partial charge in [-0.1, -0.05) is 29.8 Å². The van der Waals surface area contributed by atoms with Gasteiger partial charge in [-0.3, -0.25) is 0 Å². The van der Waals surface area contributed by atoms with Crippen molar-refractivity contribution in [2.75, 3.05) is 0 Å². The van der Waals surface area contributed by atoms with E-state index in [2.05, 4.69) is 29.6 Å². The molecule has 0 unspecified atom stereocenters. The smallest absolute Gasteiger partial charge is 0.332 e. The van der Waals surface area contributed by atoms with E-state index < -0.39 is 6.03 Å². The second kappa shape index (κ2) is 7.09. The maximum Gasteiger partial charge on any atom is 0.332 e. The summed E-state index contributed by atoms with van der Waals surface area (Å²) in [5.74, 6) is 0.774. The number of ether oxygens (including phenoxy) is 1. The van der Waals surface area contributed by atoms with E-state index in [9.17, 15) is 4.79 Å². The zero-order valence-corrected chi connectivity index (χ0v) is 11.7. The van der Waals surface area contributed by atoms with Crippen LogP contribution in [-0.4, -0.2) is 12.2 Å². The summed E-state index contributed by atoms with van der Waals surface area (Å²) in [5.41, 5.74) is 10.2. The number of nitrogens with zero attached hydrogens (tertiary/aromatic N) is 1. The number of nitrogens with two attached hydrogens (primary N) is 1. The van der Waals surface area contributed by atoms with Crippen LogP contribution >= 0.6 is 0 Å². The Hall–Kier alpha value is -2.82. The number of hydrazone groups is 1. The highest BCUT2D eigenvalue weighted by Gasteiger charge is 1.96. The number of carbonyl (C=O) groups is 1. The molecule has 21 heavy (non-hydrogen) atoms. The molecule has 2 rings (SSSR count). The molecule has 2 aromatic carbocycles. The van der Waals surface area contributed by atoms with Gasteiger partial charge in [-0.15, -0.1) is 0 Å². The number of rotatable bonds is 5. The standard InChI is InChI=1S/C16H17N3O2/c1-12-2-4-14(5-3-12)11-21-15-8-6-13(7-9-15)10-18-19-16(17)20/h2-10H,11H2,1H3,(H3,17,19,20). The lowest BCUT2D eigenvalue weighted by atomic mass is 10.2. The molecule has 0 bridgehead atoms. The molecular formula is C16H17N3O2. The van der Waals surface area contributed by atoms with Crippen LogP contribution in [0.4, 0.5) is 4.79 Å². The first-order valence-corrected chi connectivity index (χ1v) is 6.50. The second-order valence-corrected chi connectivity index (χ2v) is 4.58. The fourth-order valence-electron chi connectivity index (χ4n) is 1.67. The van der Waals surface area contributed by atoms with Crippen molar-refractivity contribution in [3.63, 3.8) is 0 Å². The Bertz CT molecular complexity index is 619. The lowest BCUT2D eigenvalue weighted by Crippen LogP contribution is -2.24. The number of carbonyl (C=O) groups excluding carboxylic acids is 1. The van der Waals surface area contributed by atoms with Crippen LogP contribution in [0.3, 0.4) is 0 Å². The molecule has 0 aliphatic carbocycles. The molecule has 0 spiro atoms. The zero-order valence-electron chi connectivity index (χ0n) is 11.7. The average Bonchev–Trinajstić information content (AvgIpc) is 2.48. The minimum Gasteiger partial charge on any atom is -0.489 e. The first kappa shape index (κ1) is 14.6. The van der Waals surface area contributed by atoms with E-state index in [1.54, 1.807) is 0 Å². The molecule has 5 heteroatoms. The van der Waals surface area contributed by atoms with Crippen LogP contribution in [0.2, 0.25) is 0 Å². The van der Waals surface area contributed by atoms with Crippen molar-refractivity contribution in [3.05, 3.63) is 65.2 Å². The van der Waals surface area contributed by atoms with Gasteiger partial charge in [-0.2, -0.15) is 5.10 Å². The van der Waals surface area contributed by atoms with E-state index >= 15 is 0 Å². The highest BCUT2D eigenvalue weighted by atomic mass is 16.5. The molecule has 0 saturated carbocycles. The van der Waals surface area contributed by atoms with Gasteiger partial charge in [-0.05, 0) is 42.3 Å². The molecule has 0 saturated heterocycles. The van der Waals surface area contributed by atoms with Gasteiger partial charge in [0.05, 0.1) is 6.21 Å². The molecule has 0 aromatic heterocycles. The normalized spacial score (nSPS) is 10.5. The number of amides is 2. The average molecular weight is 283 g/mol. The van der Waals surface area contributed by atoms with Crippen LogP contribution < -0.4 is 15.9 Å². The Morgan fingerprint density at radius 1 is 1.19 bits per heavy atom. The minimum atomic E-state index is -0.690. The Morgan fingerprint density at radius 2 is 1.86 bits per heavy atom. The van der Waals surface area contributed by atoms with Crippen LogP contribution in [0.1, 0.15) is 16.7 Å². The third kappa shape index (κ3) is 4.99. The third-order valence-electron chi connectivity index (χ3n) is 2.79. The quantitative estimate of drug-likeness (QED) is 0.653. The summed E-state index contributed by atoms with van der Waals surface area (Å²) >= 11 is 0. The van der Waals surface area contributed by atoms with Crippen molar-refractivity contribution in [1.82, 2.24) is 5.43 Å². The Kier molecular flexibility index (Phi) is 4.93. The SMILES string of the molecule is Cc1ccc(COc2ccc(C=NNC(N)=O)cc2)cc1. The summed E-state index contributed by atoms with van der Waals surface area (Å²) in [5, 5.41) is 3.68. The van der Waals surface area contributed by atoms with E-state index in [0.717, 1.165) is 16.9 Å². The van der Waals surface area contributed by atoms with Crippen molar-refractivity contribution in [1.29, 1.82) is 0 Å². The van der Waals surface area contributed by atoms with Crippen LogP contribution in [0.5, 0.6) is 5.75 Å². The van der Waals surface area contributed by atoms with Gasteiger partial charge in [0.15, 0.2) is 0 Å². The van der Waals surface area contributed by atoms with Gasteiger partial charge in [0.1, 0.15) is 12.4 Å². The Labute approximate surface area is 123 Å². The summed E-state index contributed by atoms with van der Waals surface area (Å²) in [6.45, 7) is 2.58. The van der Waals surface area contributed by atoms with Crippen LogP contribution in [0.25, 0.3) is 0 Å². The maximum absolute atomic E-state index is 10.5. The number of aryl methyl sites for hydroxylation is 1. The number of hydrogen-bond donors (Lipinski definition) is 2. The predicted octanol–water partition coefficient (Wildman–Crippen LogP) is 2.58. The summed E-state index contributed by atoms with van der Waals surface area (Å²) < 4.78 is 5.70. The summed E-state index contributed by atoms with van der Waals surface area (Å²) in [6, 6.07) is 14.9. The van der Waals surface area contributed by atoms with E-state index in [1.807, 2.05) is 36.4 Å². The number of urea groups is 1. The van der Waals surface area contributed by atoms with Crippen molar-refractivity contribution in [2.45, 2.75) is 13.5 Å². The van der Waals surface area contributed by atoms with E-state index in [0.29, 0.717) is 6.61 Å². The highest BCUT2D eigenvalue weighted by molar-refractivity contribution is 5.81. The van der Waals surface area contributed by atoms with Crippen LogP contribution in [0.15, 0.2) is 53.6 Å². The minimum absolute atomic E-state index is 0.525. The van der Waals surface area contributed by atoms with Gasteiger partial charge < -0.3 is 10.5 Å². The van der Waals surface area contributed by atoms with Crippen molar-refractivity contribution in [2.24, 2.45) is 10.8 Å². The molecule has 0 aliphatic heterocycles. The Balaban J connectivity index is 1.88. The van der Waals surface area contributed by atoms with Crippen molar-refractivity contribution < 1.29 is 9.53 Å². The highest BCUT2D eigenvalue weighted by Crippen LogP contribution is 2.13. The fraction of sp³-hybridized carbons (Fsp3) is 0.125. The van der Waals surface area contributed by atoms with E-state index in [-0.39, 0.29) is 0 Å². The molecule has 2 amide bonds. The fourth-order valence-corrected chi connectivity index (χ4v) is 1.67. The van der Waals surface area contributed by atoms with Gasteiger partial charge in [0.25, 0.3) is 0 Å². The van der Waals surface area contributed by atoms with Gasteiger partial charge in [-0.25, -0.2) is 10.2 Å². The number of benzene rings is 2. The molecule has 3 N–H and O–H groups in total. The van der Waals surface area contributed by atoms with Gasteiger partial charge in [0, 0.05) is 0 Å². The molecule has 0 heterocycles. The zero-order chi connectivity index (χ0) is 15.1. The van der Waals surface area contributed by atoms with E-state index in [1.165, 1.54) is 11.8 Å². The molecule has 5 nitrogen and oxygen atoms in total. The van der Waals surface area contributed by atoms with Crippen molar-refractivity contribution in [3.8, 4) is 5.75 Å².